The van der Waals surface area contributed by atoms with Crippen molar-refractivity contribution in [1.29, 1.82) is 15.9 Å². The second-order valence-corrected chi connectivity index (χ2v) is 7.54. The lowest BCUT2D eigenvalue weighted by Gasteiger charge is -2.01. The smallest absolute Gasteiger partial charge is 0.160 e. The van der Waals surface area contributed by atoms with Crippen molar-refractivity contribution >= 4 is 67.2 Å². The molecule has 30 heavy (non-hydrogen) atoms. The Morgan fingerprint density at radius 2 is 1.40 bits per heavy atom. The molecule has 0 radical (unpaired) electrons. The number of thiocarbonyl (C=S) groups is 1. The van der Waals surface area contributed by atoms with Gasteiger partial charge in [-0.25, -0.2) is 0 Å². The van der Waals surface area contributed by atoms with Crippen molar-refractivity contribution in [2.45, 2.75) is 23.9 Å². The Bertz CT molecular complexity index is 857. The summed E-state index contributed by atoms with van der Waals surface area (Å²) in [6.45, 7) is 0. The zero-order valence-corrected chi connectivity index (χ0v) is 21.1. The van der Waals surface area contributed by atoms with Gasteiger partial charge >= 0.3 is 0 Å². The molecule has 0 heterocycles. The maximum absolute atomic E-state index is 8.52. The van der Waals surface area contributed by atoms with E-state index in [4.69, 9.17) is 21.7 Å². The number of nitrogens with two attached hydrogens (primary N) is 3. The van der Waals surface area contributed by atoms with Crippen LogP contribution in [-0.4, -0.2) is 10.3 Å². The zero-order valence-electron chi connectivity index (χ0n) is 16.2. The number of rotatable bonds is 5. The minimum absolute atomic E-state index is 0. The van der Waals surface area contributed by atoms with Crippen LogP contribution in [0.1, 0.15) is 22.3 Å². The average molecular weight is 572 g/mol. The SMILES string of the molecule is Br.N#CCc1ccc(CBr)cc1.N#CCc1cccc(CSC(=N)N)c1.NC(N)=S. The van der Waals surface area contributed by atoms with Crippen molar-refractivity contribution < 1.29 is 0 Å². The number of benzene rings is 2. The van der Waals surface area contributed by atoms with Crippen molar-refractivity contribution in [1.82, 2.24) is 0 Å². The standard InChI is InChI=1S/C10H11N3S.C9H8BrN.CH4N2S.BrH/c11-5-4-8-2-1-3-9(6-8)7-14-10(12)13;10-7-9-3-1-8(2-4-9)5-6-11;2-1(3)4;/h1-3,6H,4,7H2,(H3,12,13);1-4H,5,7H2;(H4,2,3,4);1H. The van der Waals surface area contributed by atoms with E-state index in [0.29, 0.717) is 18.6 Å². The van der Waals surface area contributed by atoms with Crippen molar-refractivity contribution in [2.75, 3.05) is 0 Å². The van der Waals surface area contributed by atoms with Gasteiger partial charge in [0.05, 0.1) is 25.0 Å². The Labute approximate surface area is 206 Å². The Balaban J connectivity index is 0. The maximum atomic E-state index is 8.52. The number of thioether (sulfide) groups is 1. The van der Waals surface area contributed by atoms with Crippen LogP contribution in [0.5, 0.6) is 0 Å². The van der Waals surface area contributed by atoms with Gasteiger partial charge in [-0.3, -0.25) is 5.41 Å². The van der Waals surface area contributed by atoms with E-state index in [0.717, 1.165) is 22.0 Å². The lowest BCUT2D eigenvalue weighted by molar-refractivity contribution is 1.24. The first-order chi connectivity index (χ1) is 13.8. The van der Waals surface area contributed by atoms with Crippen LogP contribution in [-0.2, 0) is 23.9 Å². The molecule has 2 rings (SSSR count). The number of halogens is 2. The summed E-state index contributed by atoms with van der Waals surface area (Å²) in [7, 11) is 0. The number of hydrogen-bond donors (Lipinski definition) is 4. The van der Waals surface area contributed by atoms with Crippen LogP contribution in [0.3, 0.4) is 0 Å². The maximum Gasteiger partial charge on any atom is 0.160 e. The summed E-state index contributed by atoms with van der Waals surface area (Å²) in [6.07, 6.45) is 0.932. The molecule has 7 N–H and O–H groups in total. The molecule has 2 aromatic rings. The van der Waals surface area contributed by atoms with E-state index in [1.807, 2.05) is 48.5 Å². The molecule has 0 unspecified atom stereocenters. The molecule has 0 fully saturated rings. The Kier molecular flexibility index (Phi) is 18.9. The Hall–Kier alpha value is -2.11. The Morgan fingerprint density at radius 1 is 0.933 bits per heavy atom. The molecule has 0 atom stereocenters. The molecule has 0 aromatic heterocycles. The minimum Gasteiger partial charge on any atom is -0.379 e. The summed E-state index contributed by atoms with van der Waals surface area (Å²) in [4.78, 5) is 0. The lowest BCUT2D eigenvalue weighted by Crippen LogP contribution is -2.18. The topological polar surface area (TPSA) is 149 Å². The van der Waals surface area contributed by atoms with E-state index < -0.39 is 0 Å². The summed E-state index contributed by atoms with van der Waals surface area (Å²) in [5, 5.41) is 25.0. The van der Waals surface area contributed by atoms with Crippen molar-refractivity contribution in [3.8, 4) is 12.1 Å². The summed E-state index contributed by atoms with van der Waals surface area (Å²) in [5.74, 6) is 0.689. The fourth-order valence-corrected chi connectivity index (χ4v) is 2.79. The predicted molar refractivity (Wildman–Crippen MR) is 139 cm³/mol. The van der Waals surface area contributed by atoms with Crippen LogP contribution in [0, 0.1) is 28.1 Å². The first-order valence-corrected chi connectivity index (χ1v) is 10.8. The van der Waals surface area contributed by atoms with Gasteiger partial charge in [0.2, 0.25) is 0 Å². The van der Waals surface area contributed by atoms with E-state index in [1.165, 1.54) is 17.3 Å². The molecule has 0 aliphatic rings. The fourth-order valence-electron chi connectivity index (χ4n) is 1.92. The van der Waals surface area contributed by atoms with Gasteiger partial charge in [0.15, 0.2) is 10.3 Å². The molecule has 0 saturated carbocycles. The second-order valence-electron chi connectivity index (χ2n) is 5.50. The molecule has 160 valence electrons. The highest BCUT2D eigenvalue weighted by atomic mass is 79.9. The highest BCUT2D eigenvalue weighted by Crippen LogP contribution is 2.13. The van der Waals surface area contributed by atoms with Crippen molar-refractivity contribution in [2.24, 2.45) is 17.2 Å². The van der Waals surface area contributed by atoms with Crippen LogP contribution in [0.4, 0.5) is 0 Å². The molecule has 0 bridgehead atoms. The van der Waals surface area contributed by atoms with Gasteiger partial charge in [0.25, 0.3) is 0 Å². The van der Waals surface area contributed by atoms with E-state index in [-0.39, 0.29) is 27.3 Å². The van der Waals surface area contributed by atoms with Crippen LogP contribution in [0.2, 0.25) is 0 Å². The number of amidine groups is 1. The molecule has 0 aliphatic carbocycles. The fraction of sp³-hybridized carbons (Fsp3) is 0.200. The van der Waals surface area contributed by atoms with Crippen LogP contribution in [0.25, 0.3) is 0 Å². The predicted octanol–water partition coefficient (Wildman–Crippen LogP) is 4.29. The van der Waals surface area contributed by atoms with Crippen molar-refractivity contribution in [3.63, 3.8) is 0 Å². The van der Waals surface area contributed by atoms with Crippen LogP contribution < -0.4 is 17.2 Å². The lowest BCUT2D eigenvalue weighted by atomic mass is 10.1. The second kappa shape index (κ2) is 18.9. The van der Waals surface area contributed by atoms with E-state index in [1.54, 1.807) is 0 Å². The number of nitrogens with zero attached hydrogens (tertiary/aromatic N) is 2. The minimum atomic E-state index is 0. The number of nitriles is 2. The van der Waals surface area contributed by atoms with Crippen LogP contribution in [0.15, 0.2) is 48.5 Å². The highest BCUT2D eigenvalue weighted by Gasteiger charge is 1.97. The Morgan fingerprint density at radius 3 is 1.87 bits per heavy atom. The van der Waals surface area contributed by atoms with Crippen LogP contribution >= 0.6 is 56.9 Å². The van der Waals surface area contributed by atoms with Gasteiger partial charge in [-0.05, 0) is 34.5 Å². The first kappa shape index (κ1) is 30.1. The molecule has 0 saturated heterocycles. The number of nitrogens with one attached hydrogen (secondary N) is 1. The van der Waals surface area contributed by atoms with Gasteiger partial charge in [-0.15, -0.1) is 17.0 Å². The molecule has 0 spiro atoms. The molecular formula is C20H24Br2N6S2. The van der Waals surface area contributed by atoms with Crippen molar-refractivity contribution in [3.05, 3.63) is 70.8 Å². The first-order valence-electron chi connectivity index (χ1n) is 8.29. The van der Waals surface area contributed by atoms with Gasteiger partial charge in [0, 0.05) is 11.1 Å². The third kappa shape index (κ3) is 16.8. The highest BCUT2D eigenvalue weighted by molar-refractivity contribution is 9.08. The quantitative estimate of drug-likeness (QED) is 0.181. The molecule has 6 nitrogen and oxygen atoms in total. The molecule has 2 aromatic carbocycles. The van der Waals surface area contributed by atoms with E-state index in [2.05, 4.69) is 51.8 Å². The third-order valence-electron chi connectivity index (χ3n) is 3.13. The molecule has 0 amide bonds. The third-order valence-corrected chi connectivity index (χ3v) is 4.57. The molecule has 10 heteroatoms. The zero-order chi connectivity index (χ0) is 22.1. The largest absolute Gasteiger partial charge is 0.379 e. The van der Waals surface area contributed by atoms with E-state index in [9.17, 15) is 0 Å². The summed E-state index contributed by atoms with van der Waals surface area (Å²) in [6, 6.07) is 20.0. The normalized spacial score (nSPS) is 8.50. The van der Waals surface area contributed by atoms with Gasteiger partial charge < -0.3 is 17.2 Å². The molecule has 0 aliphatic heterocycles. The number of alkyl halides is 1. The molecular weight excluding hydrogens is 548 g/mol. The summed E-state index contributed by atoms with van der Waals surface area (Å²) < 4.78 is 0. The number of hydrogen-bond acceptors (Lipinski definition) is 5. The van der Waals surface area contributed by atoms with E-state index >= 15 is 0 Å². The van der Waals surface area contributed by atoms with Gasteiger partial charge in [-0.2, -0.15) is 10.5 Å². The average Bonchev–Trinajstić information content (AvgIpc) is 2.68. The monoisotopic (exact) mass is 570 g/mol. The summed E-state index contributed by atoms with van der Waals surface area (Å²) in [5.41, 5.74) is 18.9. The van der Waals surface area contributed by atoms with Gasteiger partial charge in [0.1, 0.15) is 0 Å². The summed E-state index contributed by atoms with van der Waals surface area (Å²) >= 11 is 8.74. The van der Waals surface area contributed by atoms with Gasteiger partial charge in [-0.1, -0.05) is 76.2 Å².